The van der Waals surface area contributed by atoms with Crippen molar-refractivity contribution in [3.05, 3.63) is 71.8 Å². The number of carbonyl (C=O) groups is 2. The van der Waals surface area contributed by atoms with Gasteiger partial charge in [0.2, 0.25) is 0 Å². The Bertz CT molecular complexity index is 796. The molecule has 6 heteroatoms. The van der Waals surface area contributed by atoms with Crippen molar-refractivity contribution in [1.82, 2.24) is 10.2 Å². The van der Waals surface area contributed by atoms with Crippen LogP contribution in [0.15, 0.2) is 60.7 Å². The van der Waals surface area contributed by atoms with Crippen molar-refractivity contribution in [2.24, 2.45) is 0 Å². The number of amides is 2. The molecule has 0 saturated carbocycles. The molecule has 2 aliphatic rings. The third-order valence-electron chi connectivity index (χ3n) is 4.83. The molecule has 2 aromatic carbocycles. The molecule has 2 aliphatic heterocycles. The Morgan fingerprint density at radius 2 is 1.67 bits per heavy atom. The summed E-state index contributed by atoms with van der Waals surface area (Å²) < 4.78 is 11.3. The van der Waals surface area contributed by atoms with E-state index in [-0.39, 0.29) is 11.8 Å². The lowest BCUT2D eigenvalue weighted by atomic mass is 10.1. The molecule has 2 saturated heterocycles. The molecule has 1 N–H and O–H groups in total. The van der Waals surface area contributed by atoms with Crippen molar-refractivity contribution in [1.29, 1.82) is 0 Å². The first-order valence-corrected chi connectivity index (χ1v) is 9.16. The summed E-state index contributed by atoms with van der Waals surface area (Å²) in [5.41, 5.74) is 2.18. The first-order chi connectivity index (χ1) is 13.2. The molecule has 0 aromatic heterocycles. The van der Waals surface area contributed by atoms with Crippen LogP contribution in [-0.4, -0.2) is 48.3 Å². The molecule has 3 atom stereocenters. The topological polar surface area (TPSA) is 67.9 Å². The lowest BCUT2D eigenvalue weighted by molar-refractivity contribution is -0.162. The third-order valence-corrected chi connectivity index (χ3v) is 4.83. The maximum atomic E-state index is 12.7. The van der Waals surface area contributed by atoms with Gasteiger partial charge in [0.1, 0.15) is 0 Å². The van der Waals surface area contributed by atoms with Crippen molar-refractivity contribution in [2.75, 3.05) is 13.1 Å². The van der Waals surface area contributed by atoms with Crippen molar-refractivity contribution >= 4 is 11.8 Å². The molecule has 0 radical (unpaired) electrons. The summed E-state index contributed by atoms with van der Waals surface area (Å²) in [6.07, 6.45) is -1.59. The summed E-state index contributed by atoms with van der Waals surface area (Å²) in [6.45, 7) is 1.31. The minimum atomic E-state index is -0.890. The SMILES string of the molecule is O=C(NCCc1ccccc1)[C@@H]1O[C@H]2CN(Cc3ccccc3)C(=O)[C@@H]1O2. The number of morpholine rings is 1. The molecular weight excluding hydrogens is 344 g/mol. The molecule has 6 nitrogen and oxygen atoms in total. The van der Waals surface area contributed by atoms with Gasteiger partial charge in [0.25, 0.3) is 11.8 Å². The second-order valence-electron chi connectivity index (χ2n) is 6.77. The number of nitrogens with zero attached hydrogens (tertiary/aromatic N) is 1. The van der Waals surface area contributed by atoms with E-state index in [1.165, 1.54) is 0 Å². The molecule has 2 amide bonds. The van der Waals surface area contributed by atoms with Gasteiger partial charge in [-0.25, -0.2) is 0 Å². The van der Waals surface area contributed by atoms with Crippen molar-refractivity contribution in [3.63, 3.8) is 0 Å². The van der Waals surface area contributed by atoms with Gasteiger partial charge >= 0.3 is 0 Å². The maximum Gasteiger partial charge on any atom is 0.255 e. The fraction of sp³-hybridized carbons (Fsp3) is 0.333. The minimum Gasteiger partial charge on any atom is -0.353 e. The minimum absolute atomic E-state index is 0.198. The van der Waals surface area contributed by atoms with Gasteiger partial charge in [-0.15, -0.1) is 0 Å². The molecule has 27 heavy (non-hydrogen) atoms. The smallest absolute Gasteiger partial charge is 0.255 e. The lowest BCUT2D eigenvalue weighted by Gasteiger charge is -2.30. The van der Waals surface area contributed by atoms with Crippen LogP contribution in [0.3, 0.4) is 0 Å². The molecule has 2 bridgehead atoms. The predicted octanol–water partition coefficient (Wildman–Crippen LogP) is 1.50. The van der Waals surface area contributed by atoms with Crippen LogP contribution in [-0.2, 0) is 32.0 Å². The van der Waals surface area contributed by atoms with Gasteiger partial charge in [-0.05, 0) is 17.5 Å². The van der Waals surface area contributed by atoms with E-state index >= 15 is 0 Å². The summed E-state index contributed by atoms with van der Waals surface area (Å²) in [5.74, 6) is -0.496. The summed E-state index contributed by atoms with van der Waals surface area (Å²) in [7, 11) is 0. The van der Waals surface area contributed by atoms with Gasteiger partial charge < -0.3 is 19.7 Å². The van der Waals surface area contributed by atoms with Crippen LogP contribution in [0.25, 0.3) is 0 Å². The monoisotopic (exact) mass is 366 g/mol. The van der Waals surface area contributed by atoms with E-state index in [0.29, 0.717) is 19.6 Å². The molecule has 0 aliphatic carbocycles. The quantitative estimate of drug-likeness (QED) is 0.841. The van der Waals surface area contributed by atoms with Gasteiger partial charge in [-0.2, -0.15) is 0 Å². The van der Waals surface area contributed by atoms with Crippen LogP contribution in [0.1, 0.15) is 11.1 Å². The van der Waals surface area contributed by atoms with Crippen LogP contribution in [0.5, 0.6) is 0 Å². The van der Waals surface area contributed by atoms with E-state index in [1.807, 2.05) is 60.7 Å². The third kappa shape index (κ3) is 4.02. The molecule has 140 valence electrons. The Kier molecular flexibility index (Phi) is 5.18. The Hall–Kier alpha value is -2.70. The number of ether oxygens (including phenoxy) is 2. The Morgan fingerprint density at radius 3 is 2.37 bits per heavy atom. The zero-order valence-electron chi connectivity index (χ0n) is 14.9. The lowest BCUT2D eigenvalue weighted by Crippen LogP contribution is -2.51. The molecule has 0 unspecified atom stereocenters. The number of rotatable bonds is 6. The molecular formula is C21H22N2O4. The first kappa shape index (κ1) is 17.7. The highest BCUT2D eigenvalue weighted by atomic mass is 16.7. The van der Waals surface area contributed by atoms with E-state index in [4.69, 9.17) is 9.47 Å². The van der Waals surface area contributed by atoms with Gasteiger partial charge in [0, 0.05) is 13.1 Å². The van der Waals surface area contributed by atoms with Crippen LogP contribution in [0.2, 0.25) is 0 Å². The molecule has 2 heterocycles. The van der Waals surface area contributed by atoms with Crippen LogP contribution in [0, 0.1) is 0 Å². The molecule has 4 rings (SSSR count). The molecule has 2 fully saturated rings. The van der Waals surface area contributed by atoms with E-state index in [2.05, 4.69) is 5.32 Å². The zero-order chi connectivity index (χ0) is 18.6. The Labute approximate surface area is 158 Å². The van der Waals surface area contributed by atoms with E-state index < -0.39 is 18.5 Å². The first-order valence-electron chi connectivity index (χ1n) is 9.16. The summed E-state index contributed by atoms with van der Waals surface area (Å²) in [6, 6.07) is 19.7. The van der Waals surface area contributed by atoms with Gasteiger partial charge in [-0.1, -0.05) is 60.7 Å². The summed E-state index contributed by atoms with van der Waals surface area (Å²) >= 11 is 0. The average molecular weight is 366 g/mol. The highest BCUT2D eigenvalue weighted by molar-refractivity contribution is 5.92. The summed E-state index contributed by atoms with van der Waals surface area (Å²) in [5, 5.41) is 2.86. The normalized spacial score (nSPS) is 24.1. The van der Waals surface area contributed by atoms with Crippen molar-refractivity contribution < 1.29 is 19.1 Å². The average Bonchev–Trinajstić information content (AvgIpc) is 3.07. The highest BCUT2D eigenvalue weighted by Crippen LogP contribution is 2.28. The number of fused-ring (bicyclic) bond motifs is 2. The number of carbonyl (C=O) groups excluding carboxylic acids is 2. The molecule has 2 aromatic rings. The van der Waals surface area contributed by atoms with Gasteiger partial charge in [-0.3, -0.25) is 9.59 Å². The van der Waals surface area contributed by atoms with Crippen molar-refractivity contribution in [3.8, 4) is 0 Å². The van der Waals surface area contributed by atoms with Crippen LogP contribution < -0.4 is 5.32 Å². The number of benzene rings is 2. The fourth-order valence-electron chi connectivity index (χ4n) is 3.45. The standard InChI is InChI=1S/C21H22N2O4/c24-20(22-12-11-15-7-3-1-4-8-15)18-19-21(25)23(14-17(26-18)27-19)13-16-9-5-2-6-10-16/h1-10,17-19H,11-14H2,(H,22,24)/t17-,18-,19-/m1/s1. The largest absolute Gasteiger partial charge is 0.353 e. The van der Waals surface area contributed by atoms with E-state index in [0.717, 1.165) is 17.5 Å². The van der Waals surface area contributed by atoms with Crippen LogP contribution >= 0.6 is 0 Å². The zero-order valence-corrected chi connectivity index (χ0v) is 14.9. The predicted molar refractivity (Wildman–Crippen MR) is 98.5 cm³/mol. The second-order valence-corrected chi connectivity index (χ2v) is 6.77. The van der Waals surface area contributed by atoms with Gasteiger partial charge in [0.05, 0.1) is 6.54 Å². The van der Waals surface area contributed by atoms with Gasteiger partial charge in [0.15, 0.2) is 18.5 Å². The fourth-order valence-corrected chi connectivity index (χ4v) is 3.45. The van der Waals surface area contributed by atoms with E-state index in [9.17, 15) is 9.59 Å². The number of hydrogen-bond donors (Lipinski definition) is 1. The van der Waals surface area contributed by atoms with Crippen LogP contribution in [0.4, 0.5) is 0 Å². The Morgan fingerprint density at radius 1 is 1.00 bits per heavy atom. The van der Waals surface area contributed by atoms with E-state index in [1.54, 1.807) is 4.90 Å². The second kappa shape index (κ2) is 7.90. The summed E-state index contributed by atoms with van der Waals surface area (Å²) in [4.78, 5) is 26.9. The molecule has 0 spiro atoms. The maximum absolute atomic E-state index is 12.7. The highest BCUT2D eigenvalue weighted by Gasteiger charge is 2.50. The number of nitrogens with one attached hydrogen (secondary N) is 1. The van der Waals surface area contributed by atoms with Crippen molar-refractivity contribution in [2.45, 2.75) is 31.5 Å². The Balaban J connectivity index is 1.34. The number of hydrogen-bond acceptors (Lipinski definition) is 4.